The number of hydrogen-bond acceptors (Lipinski definition) is 3. The van der Waals surface area contributed by atoms with Crippen molar-refractivity contribution in [2.24, 2.45) is 11.7 Å². The number of nitrogens with two attached hydrogens (primary N) is 1. The number of ether oxygens (including phenoxy) is 1. The molecule has 0 aromatic heterocycles. The van der Waals surface area contributed by atoms with Crippen molar-refractivity contribution in [2.75, 3.05) is 26.3 Å². The van der Waals surface area contributed by atoms with E-state index in [1.165, 1.54) is 12.8 Å². The Morgan fingerprint density at radius 2 is 2.24 bits per heavy atom. The summed E-state index contributed by atoms with van der Waals surface area (Å²) in [5.41, 5.74) is 7.81. The van der Waals surface area contributed by atoms with Crippen LogP contribution in [0, 0.1) is 24.7 Å². The fourth-order valence-corrected chi connectivity index (χ4v) is 2.01. The largest absolute Gasteiger partial charge is 0.379 e. The molecule has 0 saturated heterocycles. The van der Waals surface area contributed by atoms with Crippen LogP contribution in [0.3, 0.4) is 0 Å². The number of benzene rings is 1. The van der Waals surface area contributed by atoms with Crippen LogP contribution in [0.5, 0.6) is 0 Å². The Morgan fingerprint density at radius 3 is 2.95 bits per heavy atom. The molecule has 1 aromatic rings. The lowest BCUT2D eigenvalue weighted by Crippen LogP contribution is -2.27. The van der Waals surface area contributed by atoms with Crippen LogP contribution in [-0.4, -0.2) is 32.2 Å². The number of carbonyl (C=O) groups is 1. The molecule has 0 aliphatic heterocycles. The second-order valence-electron chi connectivity index (χ2n) is 5.37. The van der Waals surface area contributed by atoms with Crippen LogP contribution in [0.1, 0.15) is 34.3 Å². The van der Waals surface area contributed by atoms with Crippen LogP contribution < -0.4 is 11.1 Å². The molecular formula is C17H22N2O2. The van der Waals surface area contributed by atoms with Gasteiger partial charge >= 0.3 is 0 Å². The molecule has 1 aliphatic carbocycles. The van der Waals surface area contributed by atoms with E-state index in [-0.39, 0.29) is 5.91 Å². The molecule has 3 N–H and O–H groups in total. The number of aryl methyl sites for hydroxylation is 1. The SMILES string of the molecule is Cc1cc(C#CCN)cc(C(=O)NCCOCC2CC2)c1. The van der Waals surface area contributed by atoms with Crippen LogP contribution in [0.25, 0.3) is 0 Å². The standard InChI is InChI=1S/C17H22N2O2/c1-13-9-15(3-2-6-18)11-16(10-13)17(20)19-7-8-21-12-14-4-5-14/h9-11,14H,4-8,12,18H2,1H3,(H,19,20). The first-order valence-corrected chi connectivity index (χ1v) is 7.35. The number of rotatable bonds is 6. The highest BCUT2D eigenvalue weighted by Gasteiger charge is 2.20. The van der Waals surface area contributed by atoms with Crippen LogP contribution in [-0.2, 0) is 4.74 Å². The van der Waals surface area contributed by atoms with Crippen LogP contribution in [0.2, 0.25) is 0 Å². The van der Waals surface area contributed by atoms with Gasteiger partial charge < -0.3 is 15.8 Å². The molecule has 21 heavy (non-hydrogen) atoms. The first kappa shape index (κ1) is 15.6. The zero-order valence-corrected chi connectivity index (χ0v) is 12.4. The smallest absolute Gasteiger partial charge is 0.251 e. The van der Waals surface area contributed by atoms with Gasteiger partial charge in [0.05, 0.1) is 13.2 Å². The quantitative estimate of drug-likeness (QED) is 0.615. The van der Waals surface area contributed by atoms with Gasteiger partial charge in [-0.25, -0.2) is 0 Å². The van der Waals surface area contributed by atoms with E-state index in [4.69, 9.17) is 10.5 Å². The van der Waals surface area contributed by atoms with Crippen LogP contribution in [0.15, 0.2) is 18.2 Å². The molecule has 0 spiro atoms. The molecular weight excluding hydrogens is 264 g/mol. The van der Waals surface area contributed by atoms with E-state index in [1.807, 2.05) is 19.1 Å². The molecule has 0 radical (unpaired) electrons. The highest BCUT2D eigenvalue weighted by Crippen LogP contribution is 2.28. The molecule has 1 amide bonds. The van der Waals surface area contributed by atoms with E-state index in [1.54, 1.807) is 6.07 Å². The van der Waals surface area contributed by atoms with E-state index in [2.05, 4.69) is 17.2 Å². The van der Waals surface area contributed by atoms with Gasteiger partial charge in [0.25, 0.3) is 5.91 Å². The zero-order valence-electron chi connectivity index (χ0n) is 12.4. The van der Waals surface area contributed by atoms with Crippen molar-refractivity contribution in [3.05, 3.63) is 34.9 Å². The van der Waals surface area contributed by atoms with E-state index in [0.717, 1.165) is 23.7 Å². The fourth-order valence-electron chi connectivity index (χ4n) is 2.01. The Kier molecular flexibility index (Phi) is 5.79. The number of carbonyl (C=O) groups excluding carboxylic acids is 1. The summed E-state index contributed by atoms with van der Waals surface area (Å²) in [7, 11) is 0. The third-order valence-corrected chi connectivity index (χ3v) is 3.26. The zero-order chi connectivity index (χ0) is 15.1. The molecule has 2 rings (SSSR count). The molecule has 1 aliphatic rings. The summed E-state index contributed by atoms with van der Waals surface area (Å²) >= 11 is 0. The van der Waals surface area contributed by atoms with Gasteiger partial charge in [-0.3, -0.25) is 4.79 Å². The van der Waals surface area contributed by atoms with Gasteiger partial charge in [0, 0.05) is 24.3 Å². The van der Waals surface area contributed by atoms with Gasteiger partial charge in [-0.15, -0.1) is 0 Å². The molecule has 0 heterocycles. The Labute approximate surface area is 126 Å². The van der Waals surface area contributed by atoms with Gasteiger partial charge in [0.2, 0.25) is 0 Å². The molecule has 4 heteroatoms. The summed E-state index contributed by atoms with van der Waals surface area (Å²) in [5, 5.41) is 2.87. The molecule has 0 unspecified atom stereocenters. The first-order chi connectivity index (χ1) is 10.2. The Hall–Kier alpha value is -1.83. The van der Waals surface area contributed by atoms with Crippen molar-refractivity contribution < 1.29 is 9.53 Å². The minimum atomic E-state index is -0.0930. The minimum absolute atomic E-state index is 0.0930. The maximum absolute atomic E-state index is 12.1. The molecule has 1 saturated carbocycles. The lowest BCUT2D eigenvalue weighted by atomic mass is 10.1. The number of nitrogens with one attached hydrogen (secondary N) is 1. The van der Waals surface area contributed by atoms with E-state index < -0.39 is 0 Å². The summed E-state index contributed by atoms with van der Waals surface area (Å²) in [5.74, 6) is 6.41. The third kappa shape index (κ3) is 5.58. The summed E-state index contributed by atoms with van der Waals surface area (Å²) in [6.07, 6.45) is 2.56. The maximum atomic E-state index is 12.1. The second kappa shape index (κ2) is 7.82. The normalized spacial score (nSPS) is 13.4. The first-order valence-electron chi connectivity index (χ1n) is 7.35. The number of hydrogen-bond donors (Lipinski definition) is 2. The maximum Gasteiger partial charge on any atom is 0.251 e. The fraction of sp³-hybridized carbons (Fsp3) is 0.471. The summed E-state index contributed by atoms with van der Waals surface area (Å²) in [6, 6.07) is 5.59. The molecule has 0 bridgehead atoms. The highest BCUT2D eigenvalue weighted by molar-refractivity contribution is 5.94. The lowest BCUT2D eigenvalue weighted by molar-refractivity contribution is 0.0906. The predicted octanol–water partition coefficient (Wildman–Crippen LogP) is 1.46. The Balaban J connectivity index is 1.83. The van der Waals surface area contributed by atoms with Crippen molar-refractivity contribution >= 4 is 5.91 Å². The summed E-state index contributed by atoms with van der Waals surface area (Å²) in [6.45, 7) is 4.17. The average Bonchev–Trinajstić information content (AvgIpc) is 3.28. The predicted molar refractivity (Wildman–Crippen MR) is 83.0 cm³/mol. The van der Waals surface area contributed by atoms with E-state index >= 15 is 0 Å². The highest BCUT2D eigenvalue weighted by atomic mass is 16.5. The van der Waals surface area contributed by atoms with Crippen molar-refractivity contribution in [3.63, 3.8) is 0 Å². The van der Waals surface area contributed by atoms with Crippen LogP contribution in [0.4, 0.5) is 0 Å². The minimum Gasteiger partial charge on any atom is -0.379 e. The molecule has 112 valence electrons. The topological polar surface area (TPSA) is 64.4 Å². The van der Waals surface area contributed by atoms with Crippen molar-refractivity contribution in [3.8, 4) is 11.8 Å². The monoisotopic (exact) mass is 286 g/mol. The second-order valence-corrected chi connectivity index (χ2v) is 5.37. The average molecular weight is 286 g/mol. The molecule has 1 fully saturated rings. The van der Waals surface area contributed by atoms with E-state index in [9.17, 15) is 4.79 Å². The lowest BCUT2D eigenvalue weighted by Gasteiger charge is -2.07. The third-order valence-electron chi connectivity index (χ3n) is 3.26. The summed E-state index contributed by atoms with van der Waals surface area (Å²) in [4.78, 5) is 12.1. The van der Waals surface area contributed by atoms with Gasteiger partial charge in [-0.1, -0.05) is 11.8 Å². The van der Waals surface area contributed by atoms with Crippen LogP contribution >= 0.6 is 0 Å². The van der Waals surface area contributed by atoms with Gasteiger partial charge in [-0.05, 0) is 49.4 Å². The van der Waals surface area contributed by atoms with Crippen molar-refractivity contribution in [1.29, 1.82) is 0 Å². The van der Waals surface area contributed by atoms with Gasteiger partial charge in [0.15, 0.2) is 0 Å². The van der Waals surface area contributed by atoms with Gasteiger partial charge in [0.1, 0.15) is 0 Å². The Bertz CT molecular complexity index is 554. The number of amides is 1. The molecule has 0 atom stereocenters. The summed E-state index contributed by atoms with van der Waals surface area (Å²) < 4.78 is 5.49. The molecule has 1 aromatic carbocycles. The van der Waals surface area contributed by atoms with E-state index in [0.29, 0.717) is 25.3 Å². The van der Waals surface area contributed by atoms with Crippen molar-refractivity contribution in [1.82, 2.24) is 5.32 Å². The molecule has 4 nitrogen and oxygen atoms in total. The van der Waals surface area contributed by atoms with Gasteiger partial charge in [-0.2, -0.15) is 0 Å². The Morgan fingerprint density at radius 1 is 1.43 bits per heavy atom. The van der Waals surface area contributed by atoms with Crippen molar-refractivity contribution in [2.45, 2.75) is 19.8 Å².